The summed E-state index contributed by atoms with van der Waals surface area (Å²) in [6.45, 7) is 1.21. The van der Waals surface area contributed by atoms with Crippen LogP contribution in [0.15, 0.2) is 66.7 Å². The number of imide groups is 1. The van der Waals surface area contributed by atoms with Gasteiger partial charge in [0, 0.05) is 32.2 Å². The van der Waals surface area contributed by atoms with Crippen LogP contribution in [0.2, 0.25) is 5.02 Å². The molecule has 13 heteroatoms. The molecule has 2 amide bonds. The highest BCUT2D eigenvalue weighted by molar-refractivity contribution is 9.12. The van der Waals surface area contributed by atoms with Gasteiger partial charge in [0.2, 0.25) is 17.6 Å². The van der Waals surface area contributed by atoms with Gasteiger partial charge in [0.25, 0.3) is 5.69 Å². The van der Waals surface area contributed by atoms with Crippen LogP contribution in [0.3, 0.4) is 0 Å². The molecule has 0 spiro atoms. The van der Waals surface area contributed by atoms with Gasteiger partial charge in [-0.1, -0.05) is 73.8 Å². The number of pyridine rings is 1. The largest absolute Gasteiger partial charge is 0.454 e. The number of carbonyl (C=O) groups excluding carboxylic acids is 4. The van der Waals surface area contributed by atoms with Crippen LogP contribution in [0.1, 0.15) is 32.7 Å². The van der Waals surface area contributed by atoms with Crippen LogP contribution in [-0.2, 0) is 14.3 Å². The highest BCUT2D eigenvalue weighted by Gasteiger charge is 2.66. The lowest BCUT2D eigenvalue weighted by Gasteiger charge is -2.28. The van der Waals surface area contributed by atoms with Gasteiger partial charge in [-0.2, -0.15) is 0 Å². The number of ether oxygens (including phenoxy) is 1. The van der Waals surface area contributed by atoms with Gasteiger partial charge in [-0.15, -0.1) is 0 Å². The lowest BCUT2D eigenvalue weighted by Crippen LogP contribution is -2.37. The molecule has 1 saturated heterocycles. The number of halogens is 3. The number of aryl methyl sites for hydroxylation is 1. The average Bonchev–Trinajstić information content (AvgIpc) is 3.68. The molecule has 3 aliphatic rings. The van der Waals surface area contributed by atoms with Gasteiger partial charge in [0.1, 0.15) is 5.02 Å². The molecular formula is C34H24Br2ClN3O7. The molecule has 47 heavy (non-hydrogen) atoms. The predicted molar refractivity (Wildman–Crippen MR) is 181 cm³/mol. The summed E-state index contributed by atoms with van der Waals surface area (Å²) in [7, 11) is 0. The third-order valence-corrected chi connectivity index (χ3v) is 13.0. The normalized spacial score (nSPS) is 24.6. The molecule has 238 valence electrons. The Bertz CT molecular complexity index is 2010. The highest BCUT2D eigenvalue weighted by Crippen LogP contribution is 2.60. The van der Waals surface area contributed by atoms with Crippen LogP contribution in [0.5, 0.6) is 0 Å². The second-order valence-corrected chi connectivity index (χ2v) is 14.5. The zero-order valence-electron chi connectivity index (χ0n) is 24.6. The zero-order valence-corrected chi connectivity index (χ0v) is 28.5. The second-order valence-electron chi connectivity index (χ2n) is 12.0. The van der Waals surface area contributed by atoms with Gasteiger partial charge in [-0.3, -0.25) is 29.4 Å². The molecule has 0 N–H and O–H groups in total. The summed E-state index contributed by atoms with van der Waals surface area (Å²) in [6, 6.07) is 17.5. The van der Waals surface area contributed by atoms with Crippen LogP contribution in [0, 0.1) is 40.7 Å². The number of para-hydroxylation sites is 1. The number of benzene rings is 3. The molecule has 2 bridgehead atoms. The Hall–Kier alpha value is -4.00. The molecule has 6 atom stereocenters. The summed E-state index contributed by atoms with van der Waals surface area (Å²) in [5.74, 6) is -2.19. The Balaban J connectivity index is 1.15. The fourth-order valence-electron chi connectivity index (χ4n) is 7.21. The van der Waals surface area contributed by atoms with Crippen molar-refractivity contribution in [3.05, 3.63) is 98.6 Å². The smallest absolute Gasteiger partial charge is 0.339 e. The van der Waals surface area contributed by atoms with E-state index in [-0.39, 0.29) is 61.3 Å². The number of fused-ring (bicyclic) bond motifs is 6. The van der Waals surface area contributed by atoms with Crippen LogP contribution >= 0.6 is 43.5 Å². The van der Waals surface area contributed by atoms with Crippen molar-refractivity contribution in [3.8, 4) is 11.3 Å². The van der Waals surface area contributed by atoms with E-state index in [0.717, 1.165) is 18.1 Å². The molecule has 2 heterocycles. The third-order valence-electron chi connectivity index (χ3n) is 9.47. The lowest BCUT2D eigenvalue weighted by atomic mass is 9.81. The number of esters is 1. The Morgan fingerprint density at radius 3 is 2.30 bits per heavy atom. The summed E-state index contributed by atoms with van der Waals surface area (Å²) in [5, 5.41) is 11.6. The van der Waals surface area contributed by atoms with E-state index in [4.69, 9.17) is 21.3 Å². The van der Waals surface area contributed by atoms with E-state index in [2.05, 4.69) is 31.9 Å². The van der Waals surface area contributed by atoms with E-state index < -0.39 is 29.0 Å². The Labute approximate surface area is 289 Å². The maximum Gasteiger partial charge on any atom is 0.339 e. The number of hydrogen-bond acceptors (Lipinski definition) is 8. The number of nitrogens with zero attached hydrogens (tertiary/aromatic N) is 3. The van der Waals surface area contributed by atoms with Crippen LogP contribution in [0.4, 0.5) is 11.4 Å². The number of nitro benzene ring substituents is 1. The fourth-order valence-corrected chi connectivity index (χ4v) is 9.27. The monoisotopic (exact) mass is 779 g/mol. The number of carbonyl (C=O) groups is 4. The highest BCUT2D eigenvalue weighted by atomic mass is 79.9. The van der Waals surface area contributed by atoms with Gasteiger partial charge in [0.05, 0.1) is 39.2 Å². The van der Waals surface area contributed by atoms with E-state index in [1.54, 1.807) is 42.5 Å². The summed E-state index contributed by atoms with van der Waals surface area (Å²) in [6.07, 6.45) is 0.848. The van der Waals surface area contributed by atoms with E-state index in [1.165, 1.54) is 17.0 Å². The third kappa shape index (κ3) is 5.17. The minimum Gasteiger partial charge on any atom is -0.454 e. The van der Waals surface area contributed by atoms with Crippen molar-refractivity contribution in [1.29, 1.82) is 0 Å². The number of alkyl halides is 2. The average molecular weight is 782 g/mol. The first-order valence-corrected chi connectivity index (χ1v) is 17.0. The van der Waals surface area contributed by atoms with Gasteiger partial charge >= 0.3 is 5.97 Å². The van der Waals surface area contributed by atoms with E-state index in [1.807, 2.05) is 13.0 Å². The molecule has 3 aromatic carbocycles. The number of rotatable bonds is 7. The predicted octanol–water partition coefficient (Wildman–Crippen LogP) is 7.09. The van der Waals surface area contributed by atoms with Gasteiger partial charge in [-0.05, 0) is 61.1 Å². The van der Waals surface area contributed by atoms with E-state index in [9.17, 15) is 29.3 Å². The van der Waals surface area contributed by atoms with Crippen molar-refractivity contribution in [2.75, 3.05) is 11.5 Å². The zero-order chi connectivity index (χ0) is 33.3. The van der Waals surface area contributed by atoms with Crippen molar-refractivity contribution < 1.29 is 28.8 Å². The van der Waals surface area contributed by atoms with Crippen LogP contribution in [0.25, 0.3) is 22.2 Å². The molecular weight excluding hydrogens is 758 g/mol. The number of nitro groups is 1. The molecule has 2 aliphatic carbocycles. The van der Waals surface area contributed by atoms with Crippen molar-refractivity contribution in [2.24, 2.45) is 23.7 Å². The number of aromatic nitrogens is 1. The van der Waals surface area contributed by atoms with Crippen molar-refractivity contribution in [3.63, 3.8) is 0 Å². The number of Topliss-reactive ketones (excluding diaryl/α,β-unsaturated/α-hetero) is 1. The molecule has 1 aromatic heterocycles. The van der Waals surface area contributed by atoms with Crippen LogP contribution < -0.4 is 4.90 Å². The molecule has 0 radical (unpaired) electrons. The lowest BCUT2D eigenvalue weighted by molar-refractivity contribution is -0.384. The van der Waals surface area contributed by atoms with E-state index in [0.29, 0.717) is 27.8 Å². The standard InChI is InChI=1S/C34H24Br2ClN3O7/c1-15-3-2-4-19-20(34(44)47-14-26(41)17-7-10-23(37)25(11-17)40(45)46)13-24(38-31(15)19)16-5-8-18(9-6-16)39-32(42)27-21-12-22(28(27)33(39)43)30(36)29(21)35/h2-11,13,21-22,27-30H,12,14H2,1H3. The van der Waals surface area contributed by atoms with Crippen molar-refractivity contribution >= 4 is 89.3 Å². The maximum atomic E-state index is 13.5. The summed E-state index contributed by atoms with van der Waals surface area (Å²) in [4.78, 5) is 70.1. The topological polar surface area (TPSA) is 137 Å². The Morgan fingerprint density at radius 2 is 1.66 bits per heavy atom. The van der Waals surface area contributed by atoms with Crippen molar-refractivity contribution in [2.45, 2.75) is 23.0 Å². The van der Waals surface area contributed by atoms with Crippen molar-refractivity contribution in [1.82, 2.24) is 4.98 Å². The van der Waals surface area contributed by atoms with Gasteiger partial charge in [-0.25, -0.2) is 9.78 Å². The molecule has 2 saturated carbocycles. The molecule has 4 aromatic rings. The number of hydrogen-bond donors (Lipinski definition) is 0. The van der Waals surface area contributed by atoms with Crippen LogP contribution in [-0.4, -0.2) is 49.7 Å². The quantitative estimate of drug-likeness (QED) is 0.0484. The summed E-state index contributed by atoms with van der Waals surface area (Å²) in [5.41, 5.74) is 2.66. The van der Waals surface area contributed by atoms with Gasteiger partial charge < -0.3 is 4.74 Å². The Kier molecular flexibility index (Phi) is 8.00. The molecule has 6 unspecified atom stereocenters. The fraction of sp³-hybridized carbons (Fsp3) is 0.265. The molecule has 7 rings (SSSR count). The maximum absolute atomic E-state index is 13.5. The SMILES string of the molecule is Cc1cccc2c(C(=O)OCC(=O)c3ccc(Cl)c([N+](=O)[O-])c3)cc(-c3ccc(N4C(=O)C5C6CC(C(Br)C6Br)C5C4=O)cc3)nc12. The minimum absolute atomic E-state index is 0.0182. The first-order valence-electron chi connectivity index (χ1n) is 14.8. The first-order chi connectivity index (χ1) is 22.5. The minimum atomic E-state index is -0.776. The molecule has 3 fully saturated rings. The van der Waals surface area contributed by atoms with E-state index >= 15 is 0 Å². The summed E-state index contributed by atoms with van der Waals surface area (Å²) >= 11 is 13.3. The molecule has 10 nitrogen and oxygen atoms in total. The summed E-state index contributed by atoms with van der Waals surface area (Å²) < 4.78 is 5.39. The first kappa shape index (κ1) is 31.6. The van der Waals surface area contributed by atoms with Gasteiger partial charge in [0.15, 0.2) is 6.61 Å². The number of anilines is 1. The Morgan fingerprint density at radius 1 is 1.00 bits per heavy atom. The number of ketones is 1. The number of amides is 2. The second kappa shape index (κ2) is 11.9. The molecule has 1 aliphatic heterocycles.